The summed E-state index contributed by atoms with van der Waals surface area (Å²) in [4.78, 5) is 7.81. The molecule has 3 rings (SSSR count). The van der Waals surface area contributed by atoms with E-state index in [0.29, 0.717) is 5.69 Å². The minimum Gasteiger partial charge on any atom is -0.369 e. The molecule has 0 aliphatic rings. The normalized spacial score (nSPS) is 12.0. The first-order valence-electron chi connectivity index (χ1n) is 7.20. The van der Waals surface area contributed by atoms with Crippen molar-refractivity contribution >= 4 is 5.69 Å². The van der Waals surface area contributed by atoms with Gasteiger partial charge in [0.05, 0.1) is 6.20 Å². The number of hydrogen-bond acceptors (Lipinski definition) is 4. The molecule has 2 heterocycles. The van der Waals surface area contributed by atoms with E-state index in [1.165, 1.54) is 12.3 Å². The average molecular weight is 309 g/mol. The number of aliphatic hydroxyl groups excluding tert-OH is 1. The first kappa shape index (κ1) is 15.1. The van der Waals surface area contributed by atoms with Gasteiger partial charge in [0, 0.05) is 35.4 Å². The SMILES string of the molecule is Cc1ccncc1-c1ccc(NC(O)c2ccncc2F)cc1. The average Bonchev–Trinajstić information content (AvgIpc) is 2.56. The number of hydrogen-bond donors (Lipinski definition) is 2. The smallest absolute Gasteiger partial charge is 0.153 e. The number of anilines is 1. The first-order valence-corrected chi connectivity index (χ1v) is 7.20. The van der Waals surface area contributed by atoms with Crippen molar-refractivity contribution in [3.8, 4) is 11.1 Å². The van der Waals surface area contributed by atoms with Crippen molar-refractivity contribution in [1.29, 1.82) is 0 Å². The molecule has 1 unspecified atom stereocenters. The van der Waals surface area contributed by atoms with Crippen molar-refractivity contribution in [2.24, 2.45) is 0 Å². The van der Waals surface area contributed by atoms with Crippen LogP contribution in [-0.2, 0) is 0 Å². The molecule has 116 valence electrons. The van der Waals surface area contributed by atoms with Gasteiger partial charge in [-0.1, -0.05) is 12.1 Å². The molecule has 0 aliphatic heterocycles. The number of aromatic nitrogens is 2. The molecule has 23 heavy (non-hydrogen) atoms. The van der Waals surface area contributed by atoms with E-state index in [0.717, 1.165) is 22.9 Å². The molecule has 1 atom stereocenters. The van der Waals surface area contributed by atoms with E-state index in [1.54, 1.807) is 6.20 Å². The van der Waals surface area contributed by atoms with Crippen LogP contribution in [0.4, 0.5) is 10.1 Å². The quantitative estimate of drug-likeness (QED) is 0.722. The van der Waals surface area contributed by atoms with Crippen molar-refractivity contribution < 1.29 is 9.50 Å². The number of nitrogens with zero attached hydrogens (tertiary/aromatic N) is 2. The highest BCUT2D eigenvalue weighted by Crippen LogP contribution is 2.25. The number of rotatable bonds is 4. The van der Waals surface area contributed by atoms with Crippen molar-refractivity contribution in [2.75, 3.05) is 5.32 Å². The molecular weight excluding hydrogens is 293 g/mol. The summed E-state index contributed by atoms with van der Waals surface area (Å²) in [5.74, 6) is -0.546. The Labute approximate surface area is 133 Å². The lowest BCUT2D eigenvalue weighted by Gasteiger charge is -2.15. The number of aliphatic hydroxyl groups is 1. The monoisotopic (exact) mass is 309 g/mol. The van der Waals surface area contributed by atoms with Crippen LogP contribution in [0.5, 0.6) is 0 Å². The zero-order chi connectivity index (χ0) is 16.2. The van der Waals surface area contributed by atoms with Crippen molar-refractivity contribution in [3.05, 3.63) is 78.1 Å². The second-order valence-corrected chi connectivity index (χ2v) is 5.21. The maximum atomic E-state index is 13.6. The molecular formula is C18H16FN3O. The summed E-state index contributed by atoms with van der Waals surface area (Å²) in [6, 6.07) is 10.9. The lowest BCUT2D eigenvalue weighted by molar-refractivity contribution is 0.203. The summed E-state index contributed by atoms with van der Waals surface area (Å²) < 4.78 is 13.6. The molecule has 0 bridgehead atoms. The number of pyridine rings is 2. The van der Waals surface area contributed by atoms with E-state index in [-0.39, 0.29) is 5.56 Å². The topological polar surface area (TPSA) is 58.0 Å². The summed E-state index contributed by atoms with van der Waals surface area (Å²) in [6.45, 7) is 2.03. The standard InChI is InChI=1S/C18H16FN3O/c1-12-6-8-20-10-16(12)13-2-4-14(5-3-13)22-18(23)15-7-9-21-11-17(15)19/h2-11,18,22-23H,1H3. The van der Waals surface area contributed by atoms with Crippen LogP contribution in [0.1, 0.15) is 17.4 Å². The Morgan fingerprint density at radius 1 is 1.00 bits per heavy atom. The maximum absolute atomic E-state index is 13.6. The predicted molar refractivity (Wildman–Crippen MR) is 87.2 cm³/mol. The molecule has 4 nitrogen and oxygen atoms in total. The molecule has 0 aliphatic carbocycles. The van der Waals surface area contributed by atoms with Crippen LogP contribution in [-0.4, -0.2) is 15.1 Å². The Morgan fingerprint density at radius 2 is 1.70 bits per heavy atom. The second kappa shape index (κ2) is 6.54. The molecule has 2 aromatic heterocycles. The van der Waals surface area contributed by atoms with Gasteiger partial charge in [-0.25, -0.2) is 4.39 Å². The second-order valence-electron chi connectivity index (χ2n) is 5.21. The van der Waals surface area contributed by atoms with Crippen LogP contribution in [0.15, 0.2) is 61.2 Å². The van der Waals surface area contributed by atoms with E-state index in [4.69, 9.17) is 0 Å². The van der Waals surface area contributed by atoms with Gasteiger partial charge in [0.15, 0.2) is 6.23 Å². The zero-order valence-electron chi connectivity index (χ0n) is 12.6. The van der Waals surface area contributed by atoms with Gasteiger partial charge in [-0.3, -0.25) is 9.97 Å². The summed E-state index contributed by atoms with van der Waals surface area (Å²) in [7, 11) is 0. The molecule has 0 spiro atoms. The summed E-state index contributed by atoms with van der Waals surface area (Å²) in [5, 5.41) is 13.0. The Hall–Kier alpha value is -2.79. The number of aryl methyl sites for hydroxylation is 1. The lowest BCUT2D eigenvalue weighted by atomic mass is 10.0. The molecule has 3 aromatic rings. The number of benzene rings is 1. The summed E-state index contributed by atoms with van der Waals surface area (Å²) >= 11 is 0. The van der Waals surface area contributed by atoms with E-state index in [9.17, 15) is 9.50 Å². The minimum atomic E-state index is -1.14. The van der Waals surface area contributed by atoms with Crippen LogP contribution in [0.2, 0.25) is 0 Å². The lowest BCUT2D eigenvalue weighted by Crippen LogP contribution is -2.11. The Balaban J connectivity index is 1.78. The molecule has 2 N–H and O–H groups in total. The summed E-state index contributed by atoms with van der Waals surface area (Å²) in [6.07, 6.45) is 4.96. The largest absolute Gasteiger partial charge is 0.369 e. The third kappa shape index (κ3) is 3.35. The third-order valence-electron chi connectivity index (χ3n) is 3.64. The minimum absolute atomic E-state index is 0.159. The van der Waals surface area contributed by atoms with Crippen molar-refractivity contribution in [2.45, 2.75) is 13.2 Å². The predicted octanol–water partition coefficient (Wildman–Crippen LogP) is 3.69. The maximum Gasteiger partial charge on any atom is 0.153 e. The van der Waals surface area contributed by atoms with Crippen LogP contribution < -0.4 is 5.32 Å². The number of halogens is 1. The van der Waals surface area contributed by atoms with Crippen LogP contribution in [0.3, 0.4) is 0 Å². The van der Waals surface area contributed by atoms with Gasteiger partial charge in [-0.2, -0.15) is 0 Å². The van der Waals surface area contributed by atoms with Gasteiger partial charge < -0.3 is 10.4 Å². The van der Waals surface area contributed by atoms with Gasteiger partial charge in [-0.05, 0) is 42.3 Å². The highest BCUT2D eigenvalue weighted by molar-refractivity contribution is 5.68. The molecule has 0 radical (unpaired) electrons. The van der Waals surface area contributed by atoms with E-state index in [2.05, 4.69) is 15.3 Å². The summed E-state index contributed by atoms with van der Waals surface area (Å²) in [5.41, 5.74) is 4.08. The Bertz CT molecular complexity index is 805. The van der Waals surface area contributed by atoms with Crippen LogP contribution >= 0.6 is 0 Å². The van der Waals surface area contributed by atoms with Gasteiger partial charge in [0.2, 0.25) is 0 Å². The molecule has 0 amide bonds. The molecule has 0 saturated heterocycles. The van der Waals surface area contributed by atoms with Gasteiger partial charge in [0.1, 0.15) is 5.82 Å². The molecule has 0 fully saturated rings. The van der Waals surface area contributed by atoms with Crippen LogP contribution in [0.25, 0.3) is 11.1 Å². The van der Waals surface area contributed by atoms with Crippen LogP contribution in [0, 0.1) is 12.7 Å². The van der Waals surface area contributed by atoms with Crippen molar-refractivity contribution in [1.82, 2.24) is 9.97 Å². The van der Waals surface area contributed by atoms with E-state index in [1.807, 2.05) is 43.5 Å². The van der Waals surface area contributed by atoms with Crippen molar-refractivity contribution in [3.63, 3.8) is 0 Å². The molecule has 1 aromatic carbocycles. The van der Waals surface area contributed by atoms with E-state index < -0.39 is 12.0 Å². The van der Waals surface area contributed by atoms with Gasteiger partial charge in [-0.15, -0.1) is 0 Å². The highest BCUT2D eigenvalue weighted by Gasteiger charge is 2.12. The number of nitrogens with one attached hydrogen (secondary N) is 1. The fourth-order valence-electron chi connectivity index (χ4n) is 2.36. The molecule has 0 saturated carbocycles. The van der Waals surface area contributed by atoms with Gasteiger partial charge in [0.25, 0.3) is 0 Å². The fraction of sp³-hybridized carbons (Fsp3) is 0.111. The molecule has 5 heteroatoms. The fourth-order valence-corrected chi connectivity index (χ4v) is 2.36. The van der Waals surface area contributed by atoms with Gasteiger partial charge >= 0.3 is 0 Å². The first-order chi connectivity index (χ1) is 11.1. The third-order valence-corrected chi connectivity index (χ3v) is 3.64. The Kier molecular flexibility index (Phi) is 4.30. The zero-order valence-corrected chi connectivity index (χ0v) is 12.6. The van der Waals surface area contributed by atoms with E-state index >= 15 is 0 Å². The highest BCUT2D eigenvalue weighted by atomic mass is 19.1. The Morgan fingerprint density at radius 3 is 2.39 bits per heavy atom.